The van der Waals surface area contributed by atoms with Gasteiger partial charge >= 0.3 is 5.69 Å². The first-order valence-corrected chi connectivity index (χ1v) is 10.0. The number of hydrogen-bond donors (Lipinski definition) is 2. The summed E-state index contributed by atoms with van der Waals surface area (Å²) in [4.78, 5) is 41.1. The Kier molecular flexibility index (Phi) is 4.08. The zero-order valence-corrected chi connectivity index (χ0v) is 17.7. The largest absolute Gasteiger partial charge is 0.496 e. The lowest BCUT2D eigenvalue weighted by molar-refractivity contribution is 0.103. The molecule has 2 heterocycles. The third-order valence-corrected chi connectivity index (χ3v) is 6.13. The van der Waals surface area contributed by atoms with Crippen LogP contribution in [0, 0.1) is 0 Å². The SMILES string of the molecule is COc1ccc(Br)cc1[C@H]1C2=C(Nc3c1c(=O)[nH]c(=O)n3C)c1ccccc1C2=O. The van der Waals surface area contributed by atoms with E-state index in [-0.39, 0.29) is 5.78 Å². The van der Waals surface area contributed by atoms with Gasteiger partial charge in [0.05, 0.1) is 24.3 Å². The maximum absolute atomic E-state index is 13.4. The number of carbonyl (C=O) groups excluding carboxylic acids is 1. The molecule has 3 aromatic rings. The van der Waals surface area contributed by atoms with Crippen LogP contribution in [0.1, 0.15) is 33.0 Å². The topological polar surface area (TPSA) is 93.2 Å². The van der Waals surface area contributed by atoms with Crippen molar-refractivity contribution in [3.8, 4) is 5.75 Å². The molecule has 0 unspecified atom stereocenters. The van der Waals surface area contributed by atoms with E-state index in [0.29, 0.717) is 39.5 Å². The number of carbonyl (C=O) groups is 1. The second kappa shape index (κ2) is 6.56. The number of anilines is 1. The van der Waals surface area contributed by atoms with Crippen LogP contribution in [0.5, 0.6) is 5.75 Å². The normalized spacial score (nSPS) is 16.6. The van der Waals surface area contributed by atoms with E-state index in [0.717, 1.165) is 10.0 Å². The smallest absolute Gasteiger partial charge is 0.329 e. The number of nitrogens with one attached hydrogen (secondary N) is 2. The van der Waals surface area contributed by atoms with E-state index in [2.05, 4.69) is 26.2 Å². The summed E-state index contributed by atoms with van der Waals surface area (Å²) >= 11 is 3.48. The summed E-state index contributed by atoms with van der Waals surface area (Å²) in [6, 6.07) is 12.7. The molecule has 0 amide bonds. The third kappa shape index (κ3) is 2.46. The molecule has 150 valence electrons. The minimum absolute atomic E-state index is 0.154. The second-order valence-corrected chi connectivity index (χ2v) is 8.10. The molecule has 7 nitrogen and oxygen atoms in total. The number of methoxy groups -OCH3 is 1. The van der Waals surface area contributed by atoms with Crippen LogP contribution in [0.2, 0.25) is 0 Å². The molecule has 1 aromatic heterocycles. The molecule has 0 radical (unpaired) electrons. The fraction of sp³-hybridized carbons (Fsp3) is 0.136. The lowest BCUT2D eigenvalue weighted by Gasteiger charge is -2.29. The predicted molar refractivity (Wildman–Crippen MR) is 116 cm³/mol. The summed E-state index contributed by atoms with van der Waals surface area (Å²) in [5.41, 5.74) is 2.26. The van der Waals surface area contributed by atoms with E-state index in [4.69, 9.17) is 4.74 Å². The van der Waals surface area contributed by atoms with Gasteiger partial charge in [0.15, 0.2) is 5.78 Å². The standard InChI is InChI=1S/C22H16BrN3O4/c1-26-20-17(21(28)25-22(26)29)15(13-9-10(23)7-8-14(13)30-2)16-18(24-20)11-5-3-4-6-12(11)19(16)27/h3-9,15,24H,1-2H3,(H,25,28,29)/t15-/m0/s1. The zero-order valence-electron chi connectivity index (χ0n) is 16.1. The van der Waals surface area contributed by atoms with E-state index < -0.39 is 17.2 Å². The highest BCUT2D eigenvalue weighted by Crippen LogP contribution is 2.49. The number of aromatic amines is 1. The molecule has 8 heteroatoms. The summed E-state index contributed by atoms with van der Waals surface area (Å²) in [6.07, 6.45) is 0. The Morgan fingerprint density at radius 3 is 2.53 bits per heavy atom. The van der Waals surface area contributed by atoms with Gasteiger partial charge in [-0.15, -0.1) is 0 Å². The molecule has 0 fully saturated rings. The number of hydrogen-bond acceptors (Lipinski definition) is 5. The summed E-state index contributed by atoms with van der Waals surface area (Å²) in [5.74, 6) is 0.0390. The van der Waals surface area contributed by atoms with Crippen molar-refractivity contribution in [1.29, 1.82) is 0 Å². The highest BCUT2D eigenvalue weighted by molar-refractivity contribution is 9.10. The van der Waals surface area contributed by atoms with Gasteiger partial charge < -0.3 is 10.1 Å². The van der Waals surface area contributed by atoms with Crippen molar-refractivity contribution in [3.05, 3.63) is 95.6 Å². The number of allylic oxidation sites excluding steroid dienone is 1. The zero-order chi connectivity index (χ0) is 21.2. The van der Waals surface area contributed by atoms with Crippen LogP contribution in [0.4, 0.5) is 5.82 Å². The Labute approximate surface area is 179 Å². The van der Waals surface area contributed by atoms with Crippen LogP contribution >= 0.6 is 15.9 Å². The Hall–Kier alpha value is -3.39. The number of nitrogens with zero attached hydrogens (tertiary/aromatic N) is 1. The van der Waals surface area contributed by atoms with Gasteiger partial charge in [0.25, 0.3) is 5.56 Å². The predicted octanol–water partition coefficient (Wildman–Crippen LogP) is 3.01. The number of ether oxygens (including phenoxy) is 1. The number of fused-ring (bicyclic) bond motifs is 3. The molecule has 5 rings (SSSR count). The van der Waals surface area contributed by atoms with Crippen LogP contribution in [-0.4, -0.2) is 22.4 Å². The van der Waals surface area contributed by atoms with Gasteiger partial charge in [-0.25, -0.2) is 4.79 Å². The van der Waals surface area contributed by atoms with Gasteiger partial charge in [-0.2, -0.15) is 0 Å². The summed E-state index contributed by atoms with van der Waals surface area (Å²) in [5, 5.41) is 3.20. The average Bonchev–Trinajstić information content (AvgIpc) is 3.03. The van der Waals surface area contributed by atoms with Crippen molar-refractivity contribution in [1.82, 2.24) is 9.55 Å². The molecule has 2 N–H and O–H groups in total. The van der Waals surface area contributed by atoms with Crippen molar-refractivity contribution < 1.29 is 9.53 Å². The summed E-state index contributed by atoms with van der Waals surface area (Å²) < 4.78 is 7.70. The molecule has 1 aliphatic heterocycles. The molecular weight excluding hydrogens is 450 g/mol. The summed E-state index contributed by atoms with van der Waals surface area (Å²) in [6.45, 7) is 0. The Morgan fingerprint density at radius 2 is 1.80 bits per heavy atom. The van der Waals surface area contributed by atoms with Crippen LogP contribution in [-0.2, 0) is 7.05 Å². The number of benzene rings is 2. The Balaban J connectivity index is 1.91. The quantitative estimate of drug-likeness (QED) is 0.606. The van der Waals surface area contributed by atoms with Crippen molar-refractivity contribution in [3.63, 3.8) is 0 Å². The van der Waals surface area contributed by atoms with Crippen molar-refractivity contribution in [2.24, 2.45) is 7.05 Å². The molecule has 0 saturated carbocycles. The van der Waals surface area contributed by atoms with Crippen LogP contribution in [0.15, 0.2) is 62.1 Å². The molecule has 1 atom stereocenters. The lowest BCUT2D eigenvalue weighted by atomic mass is 9.81. The van der Waals surface area contributed by atoms with Crippen molar-refractivity contribution in [2.45, 2.75) is 5.92 Å². The Morgan fingerprint density at radius 1 is 1.07 bits per heavy atom. The molecule has 0 bridgehead atoms. The molecule has 0 saturated heterocycles. The van der Waals surface area contributed by atoms with Crippen LogP contribution < -0.4 is 21.3 Å². The Bertz CT molecular complexity index is 1400. The van der Waals surface area contributed by atoms with Crippen molar-refractivity contribution in [2.75, 3.05) is 12.4 Å². The first kappa shape index (κ1) is 18.6. The monoisotopic (exact) mass is 465 g/mol. The van der Waals surface area contributed by atoms with Gasteiger partial charge in [-0.3, -0.25) is 19.1 Å². The van der Waals surface area contributed by atoms with Gasteiger partial charge in [0.1, 0.15) is 11.6 Å². The highest BCUT2D eigenvalue weighted by Gasteiger charge is 2.43. The second-order valence-electron chi connectivity index (χ2n) is 7.19. The molecule has 30 heavy (non-hydrogen) atoms. The van der Waals surface area contributed by atoms with E-state index in [1.807, 2.05) is 24.3 Å². The number of halogens is 1. The number of rotatable bonds is 2. The molecular formula is C22H16BrN3O4. The fourth-order valence-electron chi connectivity index (χ4n) is 4.27. The van der Waals surface area contributed by atoms with Gasteiger partial charge in [-0.1, -0.05) is 40.2 Å². The maximum atomic E-state index is 13.4. The number of ketones is 1. The fourth-order valence-corrected chi connectivity index (χ4v) is 4.65. The molecule has 2 aromatic carbocycles. The molecule has 2 aliphatic rings. The minimum atomic E-state index is -0.709. The number of Topliss-reactive ketones (excluding diaryl/α,β-unsaturated/α-hetero) is 1. The van der Waals surface area contributed by atoms with Gasteiger partial charge in [0.2, 0.25) is 0 Å². The van der Waals surface area contributed by atoms with E-state index in [9.17, 15) is 14.4 Å². The molecule has 0 spiro atoms. The molecule has 1 aliphatic carbocycles. The van der Waals surface area contributed by atoms with Gasteiger partial charge in [0, 0.05) is 33.8 Å². The minimum Gasteiger partial charge on any atom is -0.496 e. The van der Waals surface area contributed by atoms with Crippen molar-refractivity contribution >= 4 is 33.2 Å². The lowest BCUT2D eigenvalue weighted by Crippen LogP contribution is -2.37. The highest BCUT2D eigenvalue weighted by atomic mass is 79.9. The van der Waals surface area contributed by atoms with Gasteiger partial charge in [-0.05, 0) is 18.2 Å². The summed E-state index contributed by atoms with van der Waals surface area (Å²) in [7, 11) is 3.12. The van der Waals surface area contributed by atoms with Crippen LogP contribution in [0.25, 0.3) is 5.70 Å². The first-order chi connectivity index (χ1) is 14.4. The maximum Gasteiger partial charge on any atom is 0.329 e. The number of aromatic nitrogens is 2. The third-order valence-electron chi connectivity index (χ3n) is 5.64. The van der Waals surface area contributed by atoms with Crippen LogP contribution in [0.3, 0.4) is 0 Å². The first-order valence-electron chi connectivity index (χ1n) is 9.24. The number of H-pyrrole nitrogens is 1. The van der Waals surface area contributed by atoms with E-state index >= 15 is 0 Å². The average molecular weight is 466 g/mol. The van der Waals surface area contributed by atoms with E-state index in [1.165, 1.54) is 4.57 Å². The van der Waals surface area contributed by atoms with E-state index in [1.54, 1.807) is 32.4 Å².